The van der Waals surface area contributed by atoms with E-state index >= 15 is 0 Å². The van der Waals surface area contributed by atoms with Crippen molar-refractivity contribution in [2.45, 2.75) is 33.6 Å². The summed E-state index contributed by atoms with van der Waals surface area (Å²) in [6.07, 6.45) is 2.05. The molecule has 0 aliphatic rings. The fraction of sp³-hybridized carbons (Fsp3) is 0.600. The number of nitrogen functional groups attached to an aromatic ring is 1. The minimum Gasteiger partial charge on any atom is -0.465 e. The number of unbranched alkanes of at least 4 members (excludes halogenated alkanes) is 1. The molecule has 0 fully saturated rings. The third-order valence-corrected chi connectivity index (χ3v) is 4.59. The van der Waals surface area contributed by atoms with Crippen LogP contribution < -0.4 is 10.6 Å². The number of nitrogens with zero attached hydrogens (tertiary/aromatic N) is 1. The van der Waals surface area contributed by atoms with E-state index in [4.69, 9.17) is 10.5 Å². The first-order valence-corrected chi connectivity index (χ1v) is 7.92. The maximum absolute atomic E-state index is 12.2. The second-order valence-corrected chi connectivity index (χ2v) is 6.31. The highest BCUT2D eigenvalue weighted by atomic mass is 32.1. The van der Waals surface area contributed by atoms with Crippen molar-refractivity contribution in [2.24, 2.45) is 5.92 Å². The first kappa shape index (κ1) is 17.5. The van der Waals surface area contributed by atoms with E-state index < -0.39 is 5.97 Å². The molecule has 0 saturated carbocycles. The molecule has 1 heterocycles. The lowest BCUT2D eigenvalue weighted by atomic mass is 10.1. The first-order valence-electron chi connectivity index (χ1n) is 7.11. The number of methoxy groups -OCH3 is 1. The Labute approximate surface area is 130 Å². The van der Waals surface area contributed by atoms with Gasteiger partial charge in [-0.05, 0) is 6.42 Å². The van der Waals surface area contributed by atoms with Crippen molar-refractivity contribution in [1.82, 2.24) is 0 Å². The molecule has 0 aliphatic carbocycles. The lowest BCUT2D eigenvalue weighted by molar-refractivity contribution is 0.0603. The Hall–Kier alpha value is -1.56. The van der Waals surface area contributed by atoms with Crippen molar-refractivity contribution in [2.75, 3.05) is 31.3 Å². The van der Waals surface area contributed by atoms with E-state index in [2.05, 4.69) is 6.92 Å². The molecule has 21 heavy (non-hydrogen) atoms. The van der Waals surface area contributed by atoms with Crippen molar-refractivity contribution in [3.05, 3.63) is 10.4 Å². The molecule has 1 aromatic heterocycles. The van der Waals surface area contributed by atoms with Crippen LogP contribution in [0.3, 0.4) is 0 Å². The number of nitrogens with two attached hydrogens (primary N) is 1. The molecule has 5 nitrogen and oxygen atoms in total. The molecule has 118 valence electrons. The van der Waals surface area contributed by atoms with Gasteiger partial charge in [0, 0.05) is 19.5 Å². The zero-order valence-electron chi connectivity index (χ0n) is 13.4. The number of thiophene rings is 1. The van der Waals surface area contributed by atoms with Gasteiger partial charge in [0.05, 0.1) is 17.7 Å². The van der Waals surface area contributed by atoms with Crippen LogP contribution in [0.4, 0.5) is 10.7 Å². The summed E-state index contributed by atoms with van der Waals surface area (Å²) >= 11 is 1.28. The summed E-state index contributed by atoms with van der Waals surface area (Å²) < 4.78 is 4.82. The Morgan fingerprint density at radius 3 is 2.48 bits per heavy atom. The van der Waals surface area contributed by atoms with Gasteiger partial charge in [0.1, 0.15) is 10.6 Å². The van der Waals surface area contributed by atoms with Gasteiger partial charge < -0.3 is 15.4 Å². The standard InChI is InChI=1S/C15H24N2O3S/c1-6-7-8-17(4)14-10(15(19)20-5)11(16)13(21-14)12(18)9(2)3/h9H,6-8,16H2,1-5H3. The van der Waals surface area contributed by atoms with Gasteiger partial charge in [-0.15, -0.1) is 11.3 Å². The molecule has 1 aromatic rings. The van der Waals surface area contributed by atoms with Crippen LogP contribution in [0, 0.1) is 5.92 Å². The van der Waals surface area contributed by atoms with Gasteiger partial charge in [-0.2, -0.15) is 0 Å². The zero-order chi connectivity index (χ0) is 16.2. The second kappa shape index (κ2) is 7.45. The fourth-order valence-electron chi connectivity index (χ4n) is 1.94. The average molecular weight is 312 g/mol. The smallest absolute Gasteiger partial charge is 0.343 e. The van der Waals surface area contributed by atoms with Crippen LogP contribution in [-0.4, -0.2) is 32.5 Å². The van der Waals surface area contributed by atoms with Crippen LogP contribution in [0.5, 0.6) is 0 Å². The average Bonchev–Trinajstić information content (AvgIpc) is 2.80. The first-order chi connectivity index (χ1) is 9.84. The summed E-state index contributed by atoms with van der Waals surface area (Å²) in [6.45, 7) is 6.54. The predicted molar refractivity (Wildman–Crippen MR) is 87.4 cm³/mol. The molecule has 0 spiro atoms. The van der Waals surface area contributed by atoms with Crippen LogP contribution in [0.15, 0.2) is 0 Å². The van der Waals surface area contributed by atoms with Gasteiger partial charge in [-0.3, -0.25) is 4.79 Å². The Balaban J connectivity index is 3.31. The van der Waals surface area contributed by atoms with E-state index in [0.29, 0.717) is 15.4 Å². The fourth-order valence-corrected chi connectivity index (χ4v) is 3.23. The predicted octanol–water partition coefficient (Wildman–Crippen LogP) is 3.19. The number of hydrogen-bond donors (Lipinski definition) is 1. The van der Waals surface area contributed by atoms with Crippen LogP contribution >= 0.6 is 11.3 Å². The third-order valence-electron chi connectivity index (χ3n) is 3.26. The number of Topliss-reactive ketones (excluding diaryl/α,β-unsaturated/α-hetero) is 1. The summed E-state index contributed by atoms with van der Waals surface area (Å²) in [4.78, 5) is 26.7. The van der Waals surface area contributed by atoms with Crippen molar-refractivity contribution in [1.29, 1.82) is 0 Å². The lowest BCUT2D eigenvalue weighted by Crippen LogP contribution is -2.20. The van der Waals surface area contributed by atoms with Crippen molar-refractivity contribution >= 4 is 33.8 Å². The Bertz CT molecular complexity index is 523. The molecule has 0 saturated heterocycles. The topological polar surface area (TPSA) is 72.6 Å². The molecule has 2 N–H and O–H groups in total. The summed E-state index contributed by atoms with van der Waals surface area (Å²) in [6, 6.07) is 0. The highest BCUT2D eigenvalue weighted by molar-refractivity contribution is 7.19. The minimum atomic E-state index is -0.495. The molecule has 0 amide bonds. The third kappa shape index (κ3) is 3.75. The summed E-state index contributed by atoms with van der Waals surface area (Å²) in [5.74, 6) is -0.701. The summed E-state index contributed by atoms with van der Waals surface area (Å²) in [7, 11) is 3.22. The van der Waals surface area contributed by atoms with Crippen LogP contribution in [-0.2, 0) is 4.74 Å². The number of rotatable bonds is 7. The number of anilines is 2. The molecule has 1 rings (SSSR count). The maximum atomic E-state index is 12.2. The van der Waals surface area contributed by atoms with E-state index in [1.54, 1.807) is 0 Å². The van der Waals surface area contributed by atoms with Crippen LogP contribution in [0.25, 0.3) is 0 Å². The summed E-state index contributed by atoms with van der Waals surface area (Å²) in [5.41, 5.74) is 6.60. The zero-order valence-corrected chi connectivity index (χ0v) is 14.2. The quantitative estimate of drug-likeness (QED) is 0.618. The van der Waals surface area contributed by atoms with Crippen LogP contribution in [0.1, 0.15) is 53.6 Å². The molecule has 0 radical (unpaired) electrons. The number of esters is 1. The summed E-state index contributed by atoms with van der Waals surface area (Å²) in [5, 5.41) is 0.705. The highest BCUT2D eigenvalue weighted by Crippen LogP contribution is 2.39. The van der Waals surface area contributed by atoms with Crippen molar-refractivity contribution in [3.63, 3.8) is 0 Å². The molecule has 0 aliphatic heterocycles. The molecular weight excluding hydrogens is 288 g/mol. The maximum Gasteiger partial charge on any atom is 0.343 e. The number of ether oxygens (including phenoxy) is 1. The van der Waals surface area contributed by atoms with Gasteiger partial charge in [0.2, 0.25) is 0 Å². The SMILES string of the molecule is CCCCN(C)c1sc(C(=O)C(C)C)c(N)c1C(=O)OC. The normalized spacial score (nSPS) is 10.8. The largest absolute Gasteiger partial charge is 0.465 e. The van der Waals surface area contributed by atoms with Gasteiger partial charge in [0.15, 0.2) is 5.78 Å². The van der Waals surface area contributed by atoms with Gasteiger partial charge in [-0.1, -0.05) is 27.2 Å². The second-order valence-electron chi connectivity index (χ2n) is 5.31. The Morgan fingerprint density at radius 1 is 1.38 bits per heavy atom. The molecule has 0 aromatic carbocycles. The molecule has 0 atom stereocenters. The number of ketones is 1. The van der Waals surface area contributed by atoms with E-state index in [1.165, 1.54) is 18.4 Å². The van der Waals surface area contributed by atoms with Crippen LogP contribution in [0.2, 0.25) is 0 Å². The van der Waals surface area contributed by atoms with E-state index in [9.17, 15) is 9.59 Å². The number of carbonyl (C=O) groups excluding carboxylic acids is 2. The molecule has 0 bridgehead atoms. The van der Waals surface area contributed by atoms with Crippen molar-refractivity contribution < 1.29 is 14.3 Å². The molecule has 6 heteroatoms. The van der Waals surface area contributed by atoms with Gasteiger partial charge in [0.25, 0.3) is 0 Å². The van der Waals surface area contributed by atoms with E-state index in [0.717, 1.165) is 19.4 Å². The van der Waals surface area contributed by atoms with E-state index in [1.807, 2.05) is 25.8 Å². The lowest BCUT2D eigenvalue weighted by Gasteiger charge is -2.18. The van der Waals surface area contributed by atoms with E-state index in [-0.39, 0.29) is 17.4 Å². The highest BCUT2D eigenvalue weighted by Gasteiger charge is 2.28. The monoisotopic (exact) mass is 312 g/mol. The number of hydrogen-bond acceptors (Lipinski definition) is 6. The molecular formula is C15H24N2O3S. The minimum absolute atomic E-state index is 0.0437. The number of carbonyl (C=O) groups is 2. The van der Waals surface area contributed by atoms with Gasteiger partial charge >= 0.3 is 5.97 Å². The Kier molecular flexibility index (Phi) is 6.20. The molecule has 0 unspecified atom stereocenters. The van der Waals surface area contributed by atoms with Gasteiger partial charge in [-0.25, -0.2) is 4.79 Å². The Morgan fingerprint density at radius 2 is 2.00 bits per heavy atom. The van der Waals surface area contributed by atoms with Crippen molar-refractivity contribution in [3.8, 4) is 0 Å².